The van der Waals surface area contributed by atoms with E-state index in [1.54, 1.807) is 0 Å². The summed E-state index contributed by atoms with van der Waals surface area (Å²) in [7, 11) is -4.32. The summed E-state index contributed by atoms with van der Waals surface area (Å²) in [5, 5.41) is 1.58. The third-order valence-electron chi connectivity index (χ3n) is 11.0. The van der Waals surface area contributed by atoms with Crippen molar-refractivity contribution in [1.29, 1.82) is 0 Å². The summed E-state index contributed by atoms with van der Waals surface area (Å²) in [5.74, 6) is 0. The summed E-state index contributed by atoms with van der Waals surface area (Å²) >= 11 is 0. The number of unbranched alkanes of at least 4 members (excludes halogenated alkanes) is 30. The van der Waals surface area contributed by atoms with E-state index < -0.39 is 10.1 Å². The molecule has 0 unspecified atom stereocenters. The van der Waals surface area contributed by atoms with Gasteiger partial charge in [0.05, 0.1) is 0 Å². The number of aryl methyl sites for hydroxylation is 1. The minimum Gasteiger partial charge on any atom is -0.282 e. The molecule has 3 nitrogen and oxygen atoms in total. The molecule has 289 valence electrons. The molecule has 0 aliphatic heterocycles. The quantitative estimate of drug-likeness (QED) is 0.0436. The van der Waals surface area contributed by atoms with E-state index in [0.29, 0.717) is 5.39 Å². The number of rotatable bonds is 35. The molecule has 0 heterocycles. The first-order valence-electron chi connectivity index (χ1n) is 22.0. The Balaban J connectivity index is 0.0000130. The van der Waals surface area contributed by atoms with Gasteiger partial charge in [-0.05, 0) is 42.2 Å². The zero-order chi connectivity index (χ0) is 36.0. The van der Waals surface area contributed by atoms with Gasteiger partial charge in [-0.15, -0.1) is 0 Å². The predicted octanol–water partition coefficient (Wildman–Crippen LogP) is 15.3. The van der Waals surface area contributed by atoms with E-state index in [9.17, 15) is 13.0 Å². The van der Waals surface area contributed by atoms with Gasteiger partial charge >= 0.3 is 0 Å². The summed E-state index contributed by atoms with van der Waals surface area (Å²) in [6.45, 7) is 4.57. The fraction of sp³-hybridized carbons (Fsp3) is 0.783. The number of hydrogen-bond acceptors (Lipinski definition) is 2. The first kappa shape index (κ1) is 48.6. The molecule has 0 aromatic heterocycles. The molecule has 0 amide bonds. The minimum absolute atomic E-state index is 0. The summed E-state index contributed by atoms with van der Waals surface area (Å²) in [5.41, 5.74) is 2.00. The van der Waals surface area contributed by atoms with Crippen molar-refractivity contribution in [3.63, 3.8) is 0 Å². The number of benzene rings is 2. The van der Waals surface area contributed by atoms with Gasteiger partial charge in [-0.3, -0.25) is 4.55 Å². The average Bonchev–Trinajstić information content (AvgIpc) is 3.10. The molecule has 1 radical (unpaired) electrons. The topological polar surface area (TPSA) is 54.4 Å². The van der Waals surface area contributed by atoms with Crippen molar-refractivity contribution in [1.82, 2.24) is 0 Å². The van der Waals surface area contributed by atoms with Crippen LogP contribution in [0.15, 0.2) is 35.2 Å². The fourth-order valence-electron chi connectivity index (χ4n) is 7.92. The third kappa shape index (κ3) is 23.9. The van der Waals surface area contributed by atoms with Gasteiger partial charge in [0.2, 0.25) is 0 Å². The van der Waals surface area contributed by atoms with Crippen LogP contribution >= 0.6 is 0 Å². The average molecular weight is 736 g/mol. The minimum atomic E-state index is -4.32. The van der Waals surface area contributed by atoms with Gasteiger partial charge in [-0.25, -0.2) is 0 Å². The van der Waals surface area contributed by atoms with Crippen LogP contribution in [0.1, 0.15) is 230 Å². The molecule has 0 spiro atoms. The zero-order valence-corrected chi connectivity index (χ0v) is 36.9. The molecular weight excluding hydrogens is 656 g/mol. The summed E-state index contributed by atoms with van der Waals surface area (Å²) in [4.78, 5) is 0.169. The van der Waals surface area contributed by atoms with Crippen LogP contribution in [-0.4, -0.2) is 42.5 Å². The molecule has 0 bridgehead atoms. The van der Waals surface area contributed by atoms with Gasteiger partial charge in [0.15, 0.2) is 0 Å². The summed E-state index contributed by atoms with van der Waals surface area (Å²) < 4.78 is 36.0. The molecule has 2 aromatic rings. The van der Waals surface area contributed by atoms with Crippen molar-refractivity contribution in [2.24, 2.45) is 0 Å². The Morgan fingerprint density at radius 1 is 0.451 bits per heavy atom. The van der Waals surface area contributed by atoms with E-state index in [0.717, 1.165) is 48.6 Å². The van der Waals surface area contributed by atoms with Crippen LogP contribution in [0.5, 0.6) is 0 Å². The maximum absolute atomic E-state index is 12.8. The predicted molar refractivity (Wildman–Crippen MR) is 226 cm³/mol. The van der Waals surface area contributed by atoms with Crippen LogP contribution in [0.4, 0.5) is 0 Å². The zero-order valence-electron chi connectivity index (χ0n) is 34.1. The Morgan fingerprint density at radius 3 is 1.12 bits per heavy atom. The van der Waals surface area contributed by atoms with E-state index in [1.807, 2.05) is 24.3 Å². The van der Waals surface area contributed by atoms with Gasteiger partial charge < -0.3 is 0 Å². The van der Waals surface area contributed by atoms with E-state index in [-0.39, 0.29) is 34.5 Å². The first-order chi connectivity index (χ1) is 24.5. The molecule has 0 aliphatic rings. The molecule has 0 atom stereocenters. The second-order valence-corrected chi connectivity index (χ2v) is 17.0. The second kappa shape index (κ2) is 33.0. The van der Waals surface area contributed by atoms with Crippen molar-refractivity contribution >= 4 is 50.4 Å². The Labute approximate surface area is 339 Å². The van der Waals surface area contributed by atoms with Crippen LogP contribution in [-0.2, 0) is 23.0 Å². The Bertz CT molecular complexity index is 1190. The summed E-state index contributed by atoms with van der Waals surface area (Å²) in [6, 6.07) is 9.89. The van der Waals surface area contributed by atoms with Crippen molar-refractivity contribution in [3.8, 4) is 0 Å². The van der Waals surface area contributed by atoms with E-state index >= 15 is 0 Å². The molecule has 0 saturated carbocycles. The van der Waals surface area contributed by atoms with Gasteiger partial charge in [-0.1, -0.05) is 237 Å². The maximum Gasteiger partial charge on any atom is 0.295 e. The van der Waals surface area contributed by atoms with Gasteiger partial charge in [0, 0.05) is 34.9 Å². The second-order valence-electron chi connectivity index (χ2n) is 15.6. The first-order valence-corrected chi connectivity index (χ1v) is 23.4. The van der Waals surface area contributed by atoms with Crippen LogP contribution in [0.25, 0.3) is 10.8 Å². The molecule has 51 heavy (non-hydrogen) atoms. The third-order valence-corrected chi connectivity index (χ3v) is 12.0. The van der Waals surface area contributed by atoms with Crippen molar-refractivity contribution in [3.05, 3.63) is 41.5 Å². The number of hydrogen-bond donors (Lipinski definition) is 1. The molecule has 0 fully saturated rings. The fourth-order valence-corrected chi connectivity index (χ4v) is 8.93. The van der Waals surface area contributed by atoms with Gasteiger partial charge in [-0.2, -0.15) is 8.42 Å². The molecule has 5 heteroatoms. The monoisotopic (exact) mass is 736 g/mol. The van der Waals surface area contributed by atoms with Crippen molar-refractivity contribution in [2.45, 2.75) is 237 Å². The standard InChI is InChI=1S/C46H80O3S.Na/c1-3-5-7-9-11-13-15-17-19-21-23-25-27-29-31-33-37-42-41-43-38-35-36-40-45(43)46(50(47,48)49)44(42)39-34-32-30-28-26-24-22-20-18-16-14-12-10-8-6-4-2;/h35-36,38,40-41H,3-34,37,39H2,1-2H3,(H,47,48,49);. The van der Waals surface area contributed by atoms with Crippen LogP contribution in [0, 0.1) is 0 Å². The van der Waals surface area contributed by atoms with Crippen molar-refractivity contribution < 1.29 is 13.0 Å². The van der Waals surface area contributed by atoms with E-state index in [4.69, 9.17) is 0 Å². The smallest absolute Gasteiger partial charge is 0.282 e. The molecule has 1 N–H and O–H groups in total. The molecule has 2 rings (SSSR count). The Morgan fingerprint density at radius 2 is 0.765 bits per heavy atom. The molecule has 0 saturated heterocycles. The normalized spacial score (nSPS) is 11.7. The molecular formula is C46H80NaO3S. The summed E-state index contributed by atoms with van der Waals surface area (Å²) in [6.07, 6.45) is 44.4. The Hall–Kier alpha value is -0.390. The molecule has 0 aliphatic carbocycles. The van der Waals surface area contributed by atoms with E-state index in [1.165, 1.54) is 186 Å². The van der Waals surface area contributed by atoms with Crippen LogP contribution in [0.2, 0.25) is 0 Å². The molecule has 2 aromatic carbocycles. The SMILES string of the molecule is CCCCCCCCCCCCCCCCCCc1cc2ccccc2c(S(=O)(=O)O)c1CCCCCCCCCCCCCCCCCC.[Na]. The maximum atomic E-state index is 12.8. The van der Waals surface area contributed by atoms with Crippen LogP contribution < -0.4 is 0 Å². The Kier molecular flexibility index (Phi) is 31.5. The van der Waals surface area contributed by atoms with Gasteiger partial charge in [0.1, 0.15) is 4.90 Å². The van der Waals surface area contributed by atoms with Gasteiger partial charge in [0.25, 0.3) is 10.1 Å². The van der Waals surface area contributed by atoms with Crippen LogP contribution in [0.3, 0.4) is 0 Å². The van der Waals surface area contributed by atoms with E-state index in [2.05, 4.69) is 19.9 Å². The number of fused-ring (bicyclic) bond motifs is 1. The van der Waals surface area contributed by atoms with Crippen molar-refractivity contribution in [2.75, 3.05) is 0 Å². The largest absolute Gasteiger partial charge is 0.295 e.